The molecule has 0 fully saturated rings. The van der Waals surface area contributed by atoms with Crippen LogP contribution >= 0.6 is 23.2 Å². The molecule has 11 heavy (non-hydrogen) atoms. The summed E-state index contributed by atoms with van der Waals surface area (Å²) in [5.74, 6) is 0.535. The Labute approximate surface area is 77.1 Å². The normalized spacial score (nSPS) is 10.2. The minimum atomic E-state index is 0.535. The highest BCUT2D eigenvalue weighted by molar-refractivity contribution is 6.30. The predicted octanol–water partition coefficient (Wildman–Crippen LogP) is 3.70. The van der Waals surface area contributed by atoms with E-state index in [-0.39, 0.29) is 0 Å². The van der Waals surface area contributed by atoms with Gasteiger partial charge in [-0.25, -0.2) is 0 Å². The summed E-state index contributed by atoms with van der Waals surface area (Å²) in [5.41, 5.74) is 3.56. The maximum atomic E-state index is 5.84. The molecule has 0 saturated heterocycles. The average molecular weight is 189 g/mol. The number of benzene rings is 1. The molecule has 0 saturated carbocycles. The van der Waals surface area contributed by atoms with Gasteiger partial charge in [0.15, 0.2) is 0 Å². The summed E-state index contributed by atoms with van der Waals surface area (Å²) in [6.07, 6.45) is 0. The van der Waals surface area contributed by atoms with E-state index in [4.69, 9.17) is 23.2 Å². The Bertz CT molecular complexity index is 267. The second-order valence-electron chi connectivity index (χ2n) is 2.64. The molecule has 0 atom stereocenters. The third kappa shape index (κ3) is 1.88. The molecule has 60 valence electrons. The molecule has 0 heterocycles. The first-order chi connectivity index (χ1) is 5.15. The second kappa shape index (κ2) is 3.46. The zero-order chi connectivity index (χ0) is 8.43. The lowest BCUT2D eigenvalue weighted by atomic mass is 10.1. The Morgan fingerprint density at radius 1 is 1.27 bits per heavy atom. The van der Waals surface area contributed by atoms with E-state index in [9.17, 15) is 0 Å². The summed E-state index contributed by atoms with van der Waals surface area (Å²) in [5, 5.41) is 0.767. The topological polar surface area (TPSA) is 0 Å². The molecule has 0 aliphatic rings. The summed E-state index contributed by atoms with van der Waals surface area (Å²) in [6.45, 7) is 4.10. The molecule has 0 aliphatic carbocycles. The van der Waals surface area contributed by atoms with Crippen LogP contribution in [-0.2, 0) is 5.88 Å². The van der Waals surface area contributed by atoms with E-state index in [0.717, 1.165) is 10.6 Å². The SMILES string of the molecule is Cc1cc(Cl)cc(CCl)c1C. The van der Waals surface area contributed by atoms with Gasteiger partial charge >= 0.3 is 0 Å². The summed E-state index contributed by atoms with van der Waals surface area (Å²) < 4.78 is 0. The molecule has 0 unspecified atom stereocenters. The molecular weight excluding hydrogens is 179 g/mol. The van der Waals surface area contributed by atoms with Gasteiger partial charge in [-0.2, -0.15) is 0 Å². The minimum absolute atomic E-state index is 0.535. The van der Waals surface area contributed by atoms with Crippen LogP contribution in [0.25, 0.3) is 0 Å². The third-order valence-corrected chi connectivity index (χ3v) is 2.39. The summed E-state index contributed by atoms with van der Waals surface area (Å²) in [6, 6.07) is 3.86. The Morgan fingerprint density at radius 3 is 2.45 bits per heavy atom. The lowest BCUT2D eigenvalue weighted by Gasteiger charge is -2.05. The molecule has 0 nitrogen and oxygen atoms in total. The third-order valence-electron chi connectivity index (χ3n) is 1.88. The highest BCUT2D eigenvalue weighted by atomic mass is 35.5. The fourth-order valence-corrected chi connectivity index (χ4v) is 1.60. The molecule has 0 bridgehead atoms. The molecular formula is C9H10Cl2. The Kier molecular flexibility index (Phi) is 2.80. The van der Waals surface area contributed by atoms with Gasteiger partial charge in [0.2, 0.25) is 0 Å². The van der Waals surface area contributed by atoms with E-state index in [2.05, 4.69) is 6.92 Å². The smallest absolute Gasteiger partial charge is 0.0477 e. The maximum absolute atomic E-state index is 5.84. The lowest BCUT2D eigenvalue weighted by Crippen LogP contribution is -1.88. The molecule has 1 rings (SSSR count). The first-order valence-corrected chi connectivity index (χ1v) is 4.38. The van der Waals surface area contributed by atoms with Crippen molar-refractivity contribution in [1.29, 1.82) is 0 Å². The molecule has 0 aliphatic heterocycles. The van der Waals surface area contributed by atoms with E-state index in [1.807, 2.05) is 19.1 Å². The van der Waals surface area contributed by atoms with Gasteiger partial charge in [-0.3, -0.25) is 0 Å². The number of alkyl halides is 1. The molecule has 1 aromatic rings. The van der Waals surface area contributed by atoms with E-state index in [0.29, 0.717) is 5.88 Å². The Hall–Kier alpha value is -0.200. The number of hydrogen-bond donors (Lipinski definition) is 0. The van der Waals surface area contributed by atoms with Crippen molar-refractivity contribution in [2.45, 2.75) is 19.7 Å². The monoisotopic (exact) mass is 188 g/mol. The highest BCUT2D eigenvalue weighted by Gasteiger charge is 2.01. The van der Waals surface area contributed by atoms with Crippen molar-refractivity contribution in [3.8, 4) is 0 Å². The lowest BCUT2D eigenvalue weighted by molar-refractivity contribution is 1.24. The van der Waals surface area contributed by atoms with Crippen molar-refractivity contribution in [3.05, 3.63) is 33.8 Å². The minimum Gasteiger partial charge on any atom is -0.122 e. The Balaban J connectivity index is 3.24. The highest BCUT2D eigenvalue weighted by Crippen LogP contribution is 2.20. The van der Waals surface area contributed by atoms with Crippen molar-refractivity contribution >= 4 is 23.2 Å². The van der Waals surface area contributed by atoms with Gasteiger partial charge in [0.1, 0.15) is 0 Å². The molecule has 0 amide bonds. The molecule has 0 radical (unpaired) electrons. The first-order valence-electron chi connectivity index (χ1n) is 3.46. The van der Waals surface area contributed by atoms with Gasteiger partial charge in [0, 0.05) is 10.9 Å². The van der Waals surface area contributed by atoms with Gasteiger partial charge in [-0.1, -0.05) is 11.6 Å². The molecule has 2 heteroatoms. The largest absolute Gasteiger partial charge is 0.122 e. The van der Waals surface area contributed by atoms with E-state index in [1.54, 1.807) is 0 Å². The summed E-state index contributed by atoms with van der Waals surface area (Å²) in [7, 11) is 0. The van der Waals surface area contributed by atoms with Crippen LogP contribution in [0.4, 0.5) is 0 Å². The standard InChI is InChI=1S/C9H10Cl2/c1-6-3-9(11)4-8(5-10)7(6)2/h3-4H,5H2,1-2H3. The fourth-order valence-electron chi connectivity index (χ4n) is 1.02. The van der Waals surface area contributed by atoms with E-state index >= 15 is 0 Å². The fraction of sp³-hybridized carbons (Fsp3) is 0.333. The van der Waals surface area contributed by atoms with Crippen molar-refractivity contribution in [1.82, 2.24) is 0 Å². The number of halogens is 2. The van der Waals surface area contributed by atoms with Crippen LogP contribution in [0.2, 0.25) is 5.02 Å². The van der Waals surface area contributed by atoms with E-state index < -0.39 is 0 Å². The van der Waals surface area contributed by atoms with Crippen LogP contribution in [0.15, 0.2) is 12.1 Å². The molecule has 0 aromatic heterocycles. The van der Waals surface area contributed by atoms with Gasteiger partial charge < -0.3 is 0 Å². The van der Waals surface area contributed by atoms with Crippen LogP contribution in [0, 0.1) is 13.8 Å². The van der Waals surface area contributed by atoms with Gasteiger partial charge in [0.25, 0.3) is 0 Å². The molecule has 0 N–H and O–H groups in total. The number of hydrogen-bond acceptors (Lipinski definition) is 0. The van der Waals surface area contributed by atoms with Gasteiger partial charge in [-0.05, 0) is 42.7 Å². The first kappa shape index (κ1) is 8.89. The second-order valence-corrected chi connectivity index (χ2v) is 3.34. The van der Waals surface area contributed by atoms with Crippen molar-refractivity contribution in [2.75, 3.05) is 0 Å². The summed E-state index contributed by atoms with van der Waals surface area (Å²) in [4.78, 5) is 0. The van der Waals surface area contributed by atoms with Crippen molar-refractivity contribution < 1.29 is 0 Å². The van der Waals surface area contributed by atoms with Crippen LogP contribution < -0.4 is 0 Å². The zero-order valence-corrected chi connectivity index (χ0v) is 8.13. The number of aryl methyl sites for hydroxylation is 1. The van der Waals surface area contributed by atoms with Gasteiger partial charge in [-0.15, -0.1) is 11.6 Å². The van der Waals surface area contributed by atoms with Crippen molar-refractivity contribution in [3.63, 3.8) is 0 Å². The predicted molar refractivity (Wildman–Crippen MR) is 50.5 cm³/mol. The molecule has 1 aromatic carbocycles. The van der Waals surface area contributed by atoms with Crippen molar-refractivity contribution in [2.24, 2.45) is 0 Å². The van der Waals surface area contributed by atoms with Crippen LogP contribution in [-0.4, -0.2) is 0 Å². The average Bonchev–Trinajstić information content (AvgIpc) is 1.96. The zero-order valence-electron chi connectivity index (χ0n) is 6.62. The quantitative estimate of drug-likeness (QED) is 0.591. The molecule has 0 spiro atoms. The maximum Gasteiger partial charge on any atom is 0.0477 e. The van der Waals surface area contributed by atoms with Gasteiger partial charge in [0.05, 0.1) is 0 Å². The van der Waals surface area contributed by atoms with Crippen LogP contribution in [0.1, 0.15) is 16.7 Å². The van der Waals surface area contributed by atoms with E-state index in [1.165, 1.54) is 11.1 Å². The number of rotatable bonds is 1. The van der Waals surface area contributed by atoms with Crippen LogP contribution in [0.3, 0.4) is 0 Å². The Morgan fingerprint density at radius 2 is 1.91 bits per heavy atom. The summed E-state index contributed by atoms with van der Waals surface area (Å²) >= 11 is 11.6. The van der Waals surface area contributed by atoms with Crippen LogP contribution in [0.5, 0.6) is 0 Å².